The van der Waals surface area contributed by atoms with Crippen LogP contribution in [0.3, 0.4) is 0 Å². The van der Waals surface area contributed by atoms with Crippen LogP contribution in [0, 0.1) is 0 Å². The molecule has 1 aromatic heterocycles. The molecule has 0 aliphatic carbocycles. The van der Waals surface area contributed by atoms with E-state index in [4.69, 9.17) is 0 Å². The molecule has 0 radical (unpaired) electrons. The number of carbonyl (C=O) groups excluding carboxylic acids is 1. The average Bonchev–Trinajstić information content (AvgIpc) is 2.55. The summed E-state index contributed by atoms with van der Waals surface area (Å²) in [7, 11) is 2.13. The molecule has 0 atom stereocenters. The van der Waals surface area contributed by atoms with Gasteiger partial charge in [-0.2, -0.15) is 0 Å². The Labute approximate surface area is 132 Å². The molecular formula is C17H24N4O. The van der Waals surface area contributed by atoms with E-state index >= 15 is 0 Å². The van der Waals surface area contributed by atoms with E-state index in [1.165, 1.54) is 0 Å². The van der Waals surface area contributed by atoms with E-state index in [9.17, 15) is 4.79 Å². The van der Waals surface area contributed by atoms with Gasteiger partial charge in [0.05, 0.1) is 5.56 Å². The van der Waals surface area contributed by atoms with E-state index in [0.717, 1.165) is 32.0 Å². The van der Waals surface area contributed by atoms with E-state index in [1.807, 2.05) is 12.1 Å². The van der Waals surface area contributed by atoms with Crippen molar-refractivity contribution < 1.29 is 4.79 Å². The van der Waals surface area contributed by atoms with Crippen molar-refractivity contribution in [1.29, 1.82) is 0 Å². The van der Waals surface area contributed by atoms with Gasteiger partial charge in [0, 0.05) is 45.5 Å². The van der Waals surface area contributed by atoms with Crippen LogP contribution in [-0.4, -0.2) is 67.0 Å². The highest BCUT2D eigenvalue weighted by Crippen LogP contribution is 2.14. The molecule has 5 nitrogen and oxygen atoms in total. The molecule has 0 unspecified atom stereocenters. The van der Waals surface area contributed by atoms with Crippen LogP contribution in [0.25, 0.3) is 0 Å². The zero-order valence-corrected chi connectivity index (χ0v) is 13.2. The monoisotopic (exact) mass is 300 g/mol. The molecule has 2 heterocycles. The van der Waals surface area contributed by atoms with Crippen molar-refractivity contribution in [3.8, 4) is 0 Å². The zero-order valence-electron chi connectivity index (χ0n) is 13.2. The molecule has 5 heteroatoms. The smallest absolute Gasteiger partial charge is 0.255 e. The second kappa shape index (κ2) is 7.75. The van der Waals surface area contributed by atoms with Crippen LogP contribution in [-0.2, 0) is 0 Å². The number of piperazine rings is 1. The number of pyridine rings is 1. The fourth-order valence-electron chi connectivity index (χ4n) is 2.47. The molecule has 2 rings (SSSR count). The third-order valence-electron chi connectivity index (χ3n) is 3.81. The molecule has 1 fully saturated rings. The van der Waals surface area contributed by atoms with Crippen LogP contribution in [0.15, 0.2) is 43.6 Å². The van der Waals surface area contributed by atoms with Crippen LogP contribution >= 0.6 is 0 Å². The van der Waals surface area contributed by atoms with Gasteiger partial charge in [0.2, 0.25) is 0 Å². The van der Waals surface area contributed by atoms with Gasteiger partial charge in [-0.05, 0) is 19.2 Å². The minimum Gasteiger partial charge on any atom is -0.354 e. The maximum atomic E-state index is 12.4. The van der Waals surface area contributed by atoms with Gasteiger partial charge in [0.15, 0.2) is 0 Å². The van der Waals surface area contributed by atoms with Gasteiger partial charge >= 0.3 is 0 Å². The lowest BCUT2D eigenvalue weighted by Crippen LogP contribution is -2.44. The highest BCUT2D eigenvalue weighted by molar-refractivity contribution is 5.94. The fourth-order valence-corrected chi connectivity index (χ4v) is 2.47. The van der Waals surface area contributed by atoms with Crippen molar-refractivity contribution >= 4 is 11.7 Å². The molecule has 0 N–H and O–H groups in total. The summed E-state index contributed by atoms with van der Waals surface area (Å²) in [4.78, 5) is 23.1. The number of likely N-dealkylation sites (N-methyl/N-ethyl adjacent to an activating group) is 1. The number of aromatic nitrogens is 1. The Morgan fingerprint density at radius 3 is 2.36 bits per heavy atom. The predicted molar refractivity (Wildman–Crippen MR) is 90.2 cm³/mol. The molecule has 1 amide bonds. The van der Waals surface area contributed by atoms with Crippen molar-refractivity contribution in [2.45, 2.75) is 0 Å². The van der Waals surface area contributed by atoms with Crippen LogP contribution in [0.2, 0.25) is 0 Å². The zero-order chi connectivity index (χ0) is 15.9. The molecule has 0 saturated carbocycles. The number of hydrogen-bond acceptors (Lipinski definition) is 4. The van der Waals surface area contributed by atoms with Crippen LogP contribution in [0.4, 0.5) is 5.82 Å². The number of carbonyl (C=O) groups is 1. The molecule has 1 aliphatic rings. The minimum absolute atomic E-state index is 0.0442. The van der Waals surface area contributed by atoms with Crippen molar-refractivity contribution in [2.24, 2.45) is 0 Å². The van der Waals surface area contributed by atoms with Gasteiger partial charge in [-0.3, -0.25) is 4.79 Å². The highest BCUT2D eigenvalue weighted by Gasteiger charge is 2.17. The quantitative estimate of drug-likeness (QED) is 0.749. The molecule has 118 valence electrons. The standard InChI is InChI=1S/C17H24N4O/c1-4-8-21(9-5-2)17(22)15-6-7-16(18-14-15)20-12-10-19(3)11-13-20/h4-7,14H,1-2,8-13H2,3H3. The summed E-state index contributed by atoms with van der Waals surface area (Å²) in [6, 6.07) is 3.78. The first-order valence-electron chi connectivity index (χ1n) is 7.56. The van der Waals surface area contributed by atoms with Gasteiger partial charge in [-0.1, -0.05) is 12.2 Å². The van der Waals surface area contributed by atoms with Gasteiger partial charge in [0.25, 0.3) is 5.91 Å². The van der Waals surface area contributed by atoms with Gasteiger partial charge < -0.3 is 14.7 Å². The largest absolute Gasteiger partial charge is 0.354 e. The molecule has 0 bridgehead atoms. The Morgan fingerprint density at radius 2 is 1.86 bits per heavy atom. The molecule has 0 spiro atoms. The topological polar surface area (TPSA) is 39.7 Å². The van der Waals surface area contributed by atoms with Crippen molar-refractivity contribution in [3.63, 3.8) is 0 Å². The van der Waals surface area contributed by atoms with Crippen molar-refractivity contribution in [3.05, 3.63) is 49.2 Å². The first-order valence-corrected chi connectivity index (χ1v) is 7.56. The van der Waals surface area contributed by atoms with E-state index in [2.05, 4.69) is 35.0 Å². The number of hydrogen-bond donors (Lipinski definition) is 0. The SMILES string of the molecule is C=CCN(CC=C)C(=O)c1ccc(N2CCN(C)CC2)nc1. The molecule has 1 aliphatic heterocycles. The van der Waals surface area contributed by atoms with Gasteiger partial charge in [0.1, 0.15) is 5.82 Å². The average molecular weight is 300 g/mol. The van der Waals surface area contributed by atoms with Crippen LogP contribution in [0.5, 0.6) is 0 Å². The summed E-state index contributed by atoms with van der Waals surface area (Å²) in [5.41, 5.74) is 0.599. The Morgan fingerprint density at radius 1 is 1.23 bits per heavy atom. The van der Waals surface area contributed by atoms with E-state index in [0.29, 0.717) is 18.7 Å². The molecule has 1 aromatic rings. The second-order valence-corrected chi connectivity index (χ2v) is 5.48. The van der Waals surface area contributed by atoms with Gasteiger partial charge in [-0.15, -0.1) is 13.2 Å². The minimum atomic E-state index is -0.0442. The molecule has 1 saturated heterocycles. The normalized spacial score (nSPS) is 15.4. The Balaban J connectivity index is 2.05. The predicted octanol–water partition coefficient (Wildman–Crippen LogP) is 1.65. The van der Waals surface area contributed by atoms with Gasteiger partial charge in [-0.25, -0.2) is 4.98 Å². The summed E-state index contributed by atoms with van der Waals surface area (Å²) in [6.45, 7) is 12.4. The highest BCUT2D eigenvalue weighted by atomic mass is 16.2. The summed E-state index contributed by atoms with van der Waals surface area (Å²) >= 11 is 0. The first-order chi connectivity index (χ1) is 10.7. The van der Waals surface area contributed by atoms with Crippen LogP contribution in [0.1, 0.15) is 10.4 Å². The maximum absolute atomic E-state index is 12.4. The van der Waals surface area contributed by atoms with E-state index in [-0.39, 0.29) is 5.91 Å². The number of anilines is 1. The summed E-state index contributed by atoms with van der Waals surface area (Å²) in [5.74, 6) is 0.890. The summed E-state index contributed by atoms with van der Waals surface area (Å²) < 4.78 is 0. The lowest BCUT2D eigenvalue weighted by molar-refractivity contribution is 0.0790. The third-order valence-corrected chi connectivity index (χ3v) is 3.81. The van der Waals surface area contributed by atoms with Crippen molar-refractivity contribution in [2.75, 3.05) is 51.2 Å². The maximum Gasteiger partial charge on any atom is 0.255 e. The number of nitrogens with zero attached hydrogens (tertiary/aromatic N) is 4. The Kier molecular flexibility index (Phi) is 5.72. The second-order valence-electron chi connectivity index (χ2n) is 5.48. The Bertz CT molecular complexity index is 508. The van der Waals surface area contributed by atoms with Crippen LogP contribution < -0.4 is 4.90 Å². The Hall–Kier alpha value is -2.14. The van der Waals surface area contributed by atoms with Crippen molar-refractivity contribution in [1.82, 2.24) is 14.8 Å². The third kappa shape index (κ3) is 3.95. The number of amides is 1. The lowest BCUT2D eigenvalue weighted by atomic mass is 10.2. The molecule has 22 heavy (non-hydrogen) atoms. The fraction of sp³-hybridized carbons (Fsp3) is 0.412. The van der Waals surface area contributed by atoms with E-state index < -0.39 is 0 Å². The molecular weight excluding hydrogens is 276 g/mol. The van der Waals surface area contributed by atoms with E-state index in [1.54, 1.807) is 23.2 Å². The summed E-state index contributed by atoms with van der Waals surface area (Å²) in [5, 5.41) is 0. The summed E-state index contributed by atoms with van der Waals surface area (Å²) in [6.07, 6.45) is 5.09. The first kappa shape index (κ1) is 16.2. The lowest BCUT2D eigenvalue weighted by Gasteiger charge is -2.33. The molecule has 0 aromatic carbocycles. The number of rotatable bonds is 6.